The molecular formula is C17H28N2O3. The maximum absolute atomic E-state index is 12.6. The van der Waals surface area contributed by atoms with E-state index in [0.29, 0.717) is 42.1 Å². The lowest BCUT2D eigenvalue weighted by molar-refractivity contribution is 0.196. The van der Waals surface area contributed by atoms with Gasteiger partial charge in [-0.25, -0.2) is 4.79 Å². The summed E-state index contributed by atoms with van der Waals surface area (Å²) in [6.07, 6.45) is 0. The van der Waals surface area contributed by atoms with Crippen LogP contribution in [0, 0.1) is 11.8 Å². The Labute approximate surface area is 133 Å². The van der Waals surface area contributed by atoms with Crippen molar-refractivity contribution in [3.63, 3.8) is 0 Å². The molecule has 0 unspecified atom stereocenters. The van der Waals surface area contributed by atoms with Gasteiger partial charge in [0.05, 0.1) is 14.2 Å². The Hall–Kier alpha value is -1.91. The number of rotatable bonds is 7. The first-order chi connectivity index (χ1) is 10.4. The van der Waals surface area contributed by atoms with Crippen LogP contribution < -0.4 is 14.8 Å². The average molecular weight is 308 g/mol. The van der Waals surface area contributed by atoms with Gasteiger partial charge in [-0.2, -0.15) is 0 Å². The third kappa shape index (κ3) is 5.13. The SMILES string of the molecule is COc1cccc(OC)c1NC(=O)N(CC(C)C)CC(C)C. The van der Waals surface area contributed by atoms with Crippen molar-refractivity contribution in [2.24, 2.45) is 11.8 Å². The monoisotopic (exact) mass is 308 g/mol. The van der Waals surface area contributed by atoms with Crippen LogP contribution in [0.5, 0.6) is 11.5 Å². The molecule has 0 aliphatic heterocycles. The van der Waals surface area contributed by atoms with Gasteiger partial charge in [0.25, 0.3) is 0 Å². The van der Waals surface area contributed by atoms with Crippen LogP contribution in [0.3, 0.4) is 0 Å². The summed E-state index contributed by atoms with van der Waals surface area (Å²) >= 11 is 0. The summed E-state index contributed by atoms with van der Waals surface area (Å²) < 4.78 is 10.6. The number of methoxy groups -OCH3 is 2. The average Bonchev–Trinajstić information content (AvgIpc) is 2.45. The van der Waals surface area contributed by atoms with E-state index >= 15 is 0 Å². The molecule has 0 heterocycles. The molecule has 0 radical (unpaired) electrons. The first-order valence-electron chi connectivity index (χ1n) is 7.65. The summed E-state index contributed by atoms with van der Waals surface area (Å²) in [5.41, 5.74) is 0.565. The minimum Gasteiger partial charge on any atom is -0.494 e. The fraction of sp³-hybridized carbons (Fsp3) is 0.588. The van der Waals surface area contributed by atoms with Crippen LogP contribution in [-0.4, -0.2) is 38.2 Å². The van der Waals surface area contributed by atoms with Crippen molar-refractivity contribution in [1.82, 2.24) is 4.90 Å². The zero-order valence-electron chi connectivity index (χ0n) is 14.5. The van der Waals surface area contributed by atoms with Gasteiger partial charge in [-0.05, 0) is 24.0 Å². The molecule has 1 aromatic carbocycles. The van der Waals surface area contributed by atoms with Crippen molar-refractivity contribution in [3.8, 4) is 11.5 Å². The fourth-order valence-electron chi connectivity index (χ4n) is 2.28. The molecule has 1 aromatic rings. The van der Waals surface area contributed by atoms with Gasteiger partial charge in [0.2, 0.25) is 0 Å². The number of urea groups is 1. The third-order valence-corrected chi connectivity index (χ3v) is 3.12. The molecule has 2 amide bonds. The van der Waals surface area contributed by atoms with Crippen LogP contribution >= 0.6 is 0 Å². The quantitative estimate of drug-likeness (QED) is 0.832. The van der Waals surface area contributed by atoms with Crippen molar-refractivity contribution in [3.05, 3.63) is 18.2 Å². The van der Waals surface area contributed by atoms with Crippen LogP contribution in [0.2, 0.25) is 0 Å². The van der Waals surface area contributed by atoms with Crippen molar-refractivity contribution in [1.29, 1.82) is 0 Å². The van der Waals surface area contributed by atoms with Gasteiger partial charge in [-0.3, -0.25) is 0 Å². The van der Waals surface area contributed by atoms with Gasteiger partial charge in [0, 0.05) is 13.1 Å². The normalized spacial score (nSPS) is 10.7. The number of amides is 2. The first kappa shape index (κ1) is 18.1. The van der Waals surface area contributed by atoms with Crippen LogP contribution in [0.1, 0.15) is 27.7 Å². The zero-order valence-corrected chi connectivity index (χ0v) is 14.5. The zero-order chi connectivity index (χ0) is 16.7. The summed E-state index contributed by atoms with van der Waals surface area (Å²) in [7, 11) is 3.15. The lowest BCUT2D eigenvalue weighted by atomic mass is 10.1. The number of nitrogens with one attached hydrogen (secondary N) is 1. The molecule has 0 aromatic heterocycles. The number of carbonyl (C=O) groups is 1. The maximum Gasteiger partial charge on any atom is 0.322 e. The van der Waals surface area contributed by atoms with E-state index in [4.69, 9.17) is 9.47 Å². The van der Waals surface area contributed by atoms with Gasteiger partial charge >= 0.3 is 6.03 Å². The molecule has 0 saturated carbocycles. The molecular weight excluding hydrogens is 280 g/mol. The number of para-hydroxylation sites is 1. The number of ether oxygens (including phenoxy) is 2. The Kier molecular flexibility index (Phi) is 7.02. The Morgan fingerprint density at radius 2 is 1.50 bits per heavy atom. The van der Waals surface area contributed by atoms with Crippen LogP contribution in [-0.2, 0) is 0 Å². The van der Waals surface area contributed by atoms with Gasteiger partial charge < -0.3 is 19.7 Å². The molecule has 0 fully saturated rings. The van der Waals surface area contributed by atoms with E-state index in [1.165, 1.54) is 0 Å². The molecule has 1 N–H and O–H groups in total. The molecule has 0 bridgehead atoms. The summed E-state index contributed by atoms with van der Waals surface area (Å²) in [6, 6.07) is 5.29. The summed E-state index contributed by atoms with van der Waals surface area (Å²) in [4.78, 5) is 14.5. The number of nitrogens with zero attached hydrogens (tertiary/aromatic N) is 1. The van der Waals surface area contributed by atoms with E-state index in [1.54, 1.807) is 26.4 Å². The molecule has 0 spiro atoms. The number of benzene rings is 1. The minimum absolute atomic E-state index is 0.134. The van der Waals surface area contributed by atoms with E-state index < -0.39 is 0 Å². The van der Waals surface area contributed by atoms with E-state index in [2.05, 4.69) is 33.0 Å². The predicted molar refractivity (Wildman–Crippen MR) is 89.8 cm³/mol. The molecule has 0 saturated heterocycles. The van der Waals surface area contributed by atoms with Gasteiger partial charge in [-0.15, -0.1) is 0 Å². The fourth-order valence-corrected chi connectivity index (χ4v) is 2.28. The van der Waals surface area contributed by atoms with Crippen molar-refractivity contribution in [2.75, 3.05) is 32.6 Å². The lowest BCUT2D eigenvalue weighted by Gasteiger charge is -2.27. The molecule has 1 rings (SSSR count). The van der Waals surface area contributed by atoms with Crippen molar-refractivity contribution in [2.45, 2.75) is 27.7 Å². The van der Waals surface area contributed by atoms with Crippen LogP contribution in [0.25, 0.3) is 0 Å². The smallest absolute Gasteiger partial charge is 0.322 e. The summed E-state index contributed by atoms with van der Waals surface area (Å²) in [5.74, 6) is 1.98. The highest BCUT2D eigenvalue weighted by molar-refractivity contribution is 5.93. The van der Waals surface area contributed by atoms with Gasteiger partial charge in [0.1, 0.15) is 17.2 Å². The van der Waals surface area contributed by atoms with Crippen LogP contribution in [0.15, 0.2) is 18.2 Å². The van der Waals surface area contributed by atoms with Gasteiger partial charge in [-0.1, -0.05) is 33.8 Å². The van der Waals surface area contributed by atoms with Gasteiger partial charge in [0.15, 0.2) is 0 Å². The molecule has 124 valence electrons. The maximum atomic E-state index is 12.6. The largest absolute Gasteiger partial charge is 0.494 e. The van der Waals surface area contributed by atoms with E-state index in [0.717, 1.165) is 0 Å². The Bertz CT molecular complexity index is 455. The second-order valence-electron chi connectivity index (χ2n) is 6.16. The summed E-state index contributed by atoms with van der Waals surface area (Å²) in [5, 5.41) is 2.93. The number of carbonyl (C=O) groups excluding carboxylic acids is 1. The summed E-state index contributed by atoms with van der Waals surface area (Å²) in [6.45, 7) is 9.83. The first-order valence-corrected chi connectivity index (χ1v) is 7.65. The second-order valence-corrected chi connectivity index (χ2v) is 6.16. The highest BCUT2D eigenvalue weighted by Gasteiger charge is 2.19. The predicted octanol–water partition coefficient (Wildman–Crippen LogP) is 3.85. The molecule has 22 heavy (non-hydrogen) atoms. The standard InChI is InChI=1S/C17H28N2O3/c1-12(2)10-19(11-13(3)4)17(20)18-16-14(21-5)8-7-9-15(16)22-6/h7-9,12-13H,10-11H2,1-6H3,(H,18,20). The molecule has 0 atom stereocenters. The highest BCUT2D eigenvalue weighted by atomic mass is 16.5. The molecule has 5 nitrogen and oxygen atoms in total. The number of hydrogen-bond donors (Lipinski definition) is 1. The number of hydrogen-bond acceptors (Lipinski definition) is 3. The van der Waals surface area contributed by atoms with E-state index in [1.807, 2.05) is 11.0 Å². The topological polar surface area (TPSA) is 50.8 Å². The Balaban J connectivity index is 2.97. The van der Waals surface area contributed by atoms with E-state index in [-0.39, 0.29) is 6.03 Å². The van der Waals surface area contributed by atoms with Crippen molar-refractivity contribution < 1.29 is 14.3 Å². The molecule has 0 aliphatic carbocycles. The van der Waals surface area contributed by atoms with E-state index in [9.17, 15) is 4.79 Å². The molecule has 0 aliphatic rings. The van der Waals surface area contributed by atoms with Crippen LogP contribution in [0.4, 0.5) is 10.5 Å². The van der Waals surface area contributed by atoms with Crippen molar-refractivity contribution >= 4 is 11.7 Å². The Morgan fingerprint density at radius 3 is 1.86 bits per heavy atom. The third-order valence-electron chi connectivity index (χ3n) is 3.12. The second kappa shape index (κ2) is 8.51. The lowest BCUT2D eigenvalue weighted by Crippen LogP contribution is -2.40. The minimum atomic E-state index is -0.134. The molecule has 5 heteroatoms. The number of anilines is 1. The Morgan fingerprint density at radius 1 is 1.05 bits per heavy atom. The highest BCUT2D eigenvalue weighted by Crippen LogP contribution is 2.34.